The van der Waals surface area contributed by atoms with Crippen LogP contribution in [0.3, 0.4) is 0 Å². The van der Waals surface area contributed by atoms with Crippen LogP contribution in [0.2, 0.25) is 0 Å². The minimum Gasteiger partial charge on any atom is -0.505 e. The number of aliphatic hydroxyl groups is 1. The van der Waals surface area contributed by atoms with Gasteiger partial charge < -0.3 is 5.11 Å². The van der Waals surface area contributed by atoms with Gasteiger partial charge in [-0.1, -0.05) is 19.1 Å². The van der Waals surface area contributed by atoms with Crippen LogP contribution in [0.15, 0.2) is 41.9 Å². The molecule has 0 aliphatic heterocycles. The summed E-state index contributed by atoms with van der Waals surface area (Å²) >= 11 is 0. The molecular formula is C14H14F4O. The van der Waals surface area contributed by atoms with E-state index in [-0.39, 0.29) is 6.42 Å². The molecule has 0 fully saturated rings. The molecule has 1 aliphatic rings. The number of halogens is 4. The Labute approximate surface area is 108 Å². The normalized spacial score (nSPS) is 18.1. The van der Waals surface area contributed by atoms with Gasteiger partial charge in [0.25, 0.3) is 0 Å². The molecule has 2 rings (SSSR count). The summed E-state index contributed by atoms with van der Waals surface area (Å²) in [6.07, 6.45) is 1.21. The van der Waals surface area contributed by atoms with E-state index in [0.29, 0.717) is 12.0 Å². The maximum atomic E-state index is 12.6. The topological polar surface area (TPSA) is 20.2 Å². The highest BCUT2D eigenvalue weighted by Crippen LogP contribution is 2.19. The quantitative estimate of drug-likeness (QED) is 0.745. The lowest BCUT2D eigenvalue weighted by Gasteiger charge is -2.05. The smallest absolute Gasteiger partial charge is 0.163 e. The molecule has 0 aromatic heterocycles. The van der Waals surface area contributed by atoms with Crippen molar-refractivity contribution in [2.24, 2.45) is 0 Å². The van der Waals surface area contributed by atoms with Crippen LogP contribution in [-0.2, 0) is 6.42 Å². The molecule has 0 saturated carbocycles. The highest BCUT2D eigenvalue weighted by molar-refractivity contribution is 5.23. The van der Waals surface area contributed by atoms with E-state index >= 15 is 0 Å². The molecule has 19 heavy (non-hydrogen) atoms. The van der Waals surface area contributed by atoms with Gasteiger partial charge in [-0.3, -0.25) is 0 Å². The van der Waals surface area contributed by atoms with Crippen LogP contribution in [-0.4, -0.2) is 11.3 Å². The number of aryl methyl sites for hydroxylation is 1. The Balaban J connectivity index is 0.000000191. The van der Waals surface area contributed by atoms with Gasteiger partial charge >= 0.3 is 0 Å². The van der Waals surface area contributed by atoms with Gasteiger partial charge in [-0.05, 0) is 30.2 Å². The molecule has 1 unspecified atom stereocenters. The minimum atomic E-state index is -1.28. The Morgan fingerprint density at radius 2 is 1.95 bits per heavy atom. The van der Waals surface area contributed by atoms with Gasteiger partial charge in [0.15, 0.2) is 17.5 Å². The lowest BCUT2D eigenvalue weighted by atomic mass is 10.1. The first-order valence-corrected chi connectivity index (χ1v) is 5.79. The molecule has 5 heteroatoms. The van der Waals surface area contributed by atoms with Crippen molar-refractivity contribution in [1.82, 2.24) is 0 Å². The predicted octanol–water partition coefficient (Wildman–Crippen LogP) is 4.55. The number of alkyl halides is 1. The highest BCUT2D eigenvalue weighted by Gasteiger charge is 2.12. The van der Waals surface area contributed by atoms with E-state index in [4.69, 9.17) is 5.11 Å². The van der Waals surface area contributed by atoms with E-state index in [1.165, 1.54) is 6.07 Å². The maximum absolute atomic E-state index is 12.6. The van der Waals surface area contributed by atoms with E-state index in [1.807, 2.05) is 0 Å². The molecule has 1 aliphatic carbocycles. The Kier molecular flexibility index (Phi) is 5.60. The fourth-order valence-corrected chi connectivity index (χ4v) is 1.46. The van der Waals surface area contributed by atoms with Gasteiger partial charge in [-0.25, -0.2) is 17.6 Å². The number of hydrogen-bond acceptors (Lipinski definition) is 1. The van der Waals surface area contributed by atoms with Crippen molar-refractivity contribution < 1.29 is 22.7 Å². The minimum absolute atomic E-state index is 0.0687. The summed E-state index contributed by atoms with van der Waals surface area (Å²) in [6.45, 7) is 1.79. The van der Waals surface area contributed by atoms with E-state index in [2.05, 4.69) is 0 Å². The standard InChI is InChI=1S/C8H8F2.C6H6F2O/c1-2-6-4-3-5-7(9)8(6)10;7-4-1-2-6(9)5(8)3-4/h3-5H,2H2,1H3;2-4,9H,1H2. The first-order chi connectivity index (χ1) is 8.95. The number of rotatable bonds is 1. The molecule has 0 spiro atoms. The van der Waals surface area contributed by atoms with Crippen LogP contribution in [0.4, 0.5) is 17.6 Å². The van der Waals surface area contributed by atoms with E-state index in [9.17, 15) is 17.6 Å². The lowest BCUT2D eigenvalue weighted by molar-refractivity contribution is 0.343. The third kappa shape index (κ3) is 4.43. The van der Waals surface area contributed by atoms with Crippen LogP contribution in [0, 0.1) is 11.6 Å². The summed E-state index contributed by atoms with van der Waals surface area (Å²) in [5, 5.41) is 8.55. The summed E-state index contributed by atoms with van der Waals surface area (Å²) < 4.78 is 49.3. The number of aliphatic hydroxyl groups excluding tert-OH is 1. The molecule has 1 N–H and O–H groups in total. The molecule has 0 saturated heterocycles. The number of benzene rings is 1. The molecule has 0 bridgehead atoms. The second-order valence-corrected chi connectivity index (χ2v) is 3.92. The van der Waals surface area contributed by atoms with Crippen LogP contribution >= 0.6 is 0 Å². The van der Waals surface area contributed by atoms with Crippen LogP contribution in [0.1, 0.15) is 18.9 Å². The third-order valence-electron chi connectivity index (χ3n) is 2.52. The average molecular weight is 274 g/mol. The highest BCUT2D eigenvalue weighted by atomic mass is 19.2. The van der Waals surface area contributed by atoms with E-state index in [1.54, 1.807) is 13.0 Å². The summed E-state index contributed by atoms with van der Waals surface area (Å²) in [5.74, 6) is -2.80. The molecule has 0 amide bonds. The molecule has 1 nitrogen and oxygen atoms in total. The Hall–Kier alpha value is -1.78. The molecule has 1 atom stereocenters. The zero-order valence-corrected chi connectivity index (χ0v) is 10.3. The Bertz CT molecular complexity index is 494. The van der Waals surface area contributed by atoms with Gasteiger partial charge in [0.05, 0.1) is 0 Å². The van der Waals surface area contributed by atoms with Crippen molar-refractivity contribution in [3.8, 4) is 0 Å². The number of allylic oxidation sites excluding steroid dienone is 3. The molecule has 1 aromatic carbocycles. The van der Waals surface area contributed by atoms with Crippen molar-refractivity contribution in [2.45, 2.75) is 25.9 Å². The SMILES string of the molecule is CCc1cccc(F)c1F.OC1=CCC(F)C=C1F. The average Bonchev–Trinajstić information content (AvgIpc) is 2.38. The fourth-order valence-electron chi connectivity index (χ4n) is 1.46. The predicted molar refractivity (Wildman–Crippen MR) is 65.2 cm³/mol. The van der Waals surface area contributed by atoms with E-state index in [0.717, 1.165) is 18.2 Å². The summed E-state index contributed by atoms with van der Waals surface area (Å²) in [7, 11) is 0. The zero-order chi connectivity index (χ0) is 14.4. The summed E-state index contributed by atoms with van der Waals surface area (Å²) in [5.41, 5.74) is 0.431. The Morgan fingerprint density at radius 3 is 2.42 bits per heavy atom. The molecule has 0 heterocycles. The monoisotopic (exact) mass is 274 g/mol. The molecule has 0 radical (unpaired) electrons. The number of hydrogen-bond donors (Lipinski definition) is 1. The Morgan fingerprint density at radius 1 is 1.26 bits per heavy atom. The summed E-state index contributed by atoms with van der Waals surface area (Å²) in [4.78, 5) is 0. The van der Waals surface area contributed by atoms with Crippen molar-refractivity contribution in [2.75, 3.05) is 0 Å². The van der Waals surface area contributed by atoms with Crippen LogP contribution in [0.5, 0.6) is 0 Å². The van der Waals surface area contributed by atoms with Crippen molar-refractivity contribution in [3.05, 3.63) is 59.1 Å². The molecular weight excluding hydrogens is 260 g/mol. The van der Waals surface area contributed by atoms with Gasteiger partial charge in [0.1, 0.15) is 11.9 Å². The maximum Gasteiger partial charge on any atom is 0.163 e. The van der Waals surface area contributed by atoms with Crippen molar-refractivity contribution in [3.63, 3.8) is 0 Å². The van der Waals surface area contributed by atoms with Crippen molar-refractivity contribution in [1.29, 1.82) is 0 Å². The summed E-state index contributed by atoms with van der Waals surface area (Å²) in [6, 6.07) is 4.21. The lowest BCUT2D eigenvalue weighted by Crippen LogP contribution is -2.01. The molecule has 104 valence electrons. The second-order valence-electron chi connectivity index (χ2n) is 3.92. The van der Waals surface area contributed by atoms with Crippen LogP contribution < -0.4 is 0 Å². The van der Waals surface area contributed by atoms with Crippen LogP contribution in [0.25, 0.3) is 0 Å². The zero-order valence-electron chi connectivity index (χ0n) is 10.3. The first kappa shape index (κ1) is 15.3. The molecule has 1 aromatic rings. The third-order valence-corrected chi connectivity index (χ3v) is 2.52. The van der Waals surface area contributed by atoms with Gasteiger partial charge in [-0.2, -0.15) is 0 Å². The van der Waals surface area contributed by atoms with E-state index < -0.39 is 29.4 Å². The van der Waals surface area contributed by atoms with Crippen molar-refractivity contribution >= 4 is 0 Å². The van der Waals surface area contributed by atoms with Gasteiger partial charge in [0, 0.05) is 6.42 Å². The van der Waals surface area contributed by atoms with Gasteiger partial charge in [0.2, 0.25) is 0 Å². The first-order valence-electron chi connectivity index (χ1n) is 5.79. The largest absolute Gasteiger partial charge is 0.505 e. The second kappa shape index (κ2) is 6.97. The fraction of sp³-hybridized carbons (Fsp3) is 0.286. The van der Waals surface area contributed by atoms with Gasteiger partial charge in [-0.15, -0.1) is 0 Å².